The van der Waals surface area contributed by atoms with Crippen LogP contribution in [0.4, 0.5) is 45.1 Å². The summed E-state index contributed by atoms with van der Waals surface area (Å²) in [6.45, 7) is 18.6. The van der Waals surface area contributed by atoms with Crippen LogP contribution in [0.2, 0.25) is 5.28 Å². The van der Waals surface area contributed by atoms with Gasteiger partial charge in [0.15, 0.2) is 11.3 Å². The van der Waals surface area contributed by atoms with Crippen LogP contribution in [-0.4, -0.2) is 153 Å². The Morgan fingerprint density at radius 2 is 1.23 bits per heavy atom. The molecule has 0 atom stereocenters. The van der Waals surface area contributed by atoms with Crippen LogP contribution in [0.3, 0.4) is 0 Å². The Labute approximate surface area is 468 Å². The third-order valence-corrected chi connectivity index (χ3v) is 13.3. The maximum Gasteiger partial charge on any atom is 0.407 e. The summed E-state index contributed by atoms with van der Waals surface area (Å²) in [5.41, 5.74) is 16.7. The summed E-state index contributed by atoms with van der Waals surface area (Å²) in [5, 5.41) is 37.1. The predicted octanol–water partition coefficient (Wildman–Crippen LogP) is 8.32. The Hall–Kier alpha value is -6.79. The quantitative estimate of drug-likeness (QED) is 0.0316. The number of unbranched alkanes of at least 4 members (excludes halogenated alkanes) is 1. The molecule has 2 aliphatic carbocycles. The third kappa shape index (κ3) is 21.1. The molecule has 432 valence electrons. The number of nitrogen functional groups attached to an aromatic ring is 1. The number of alkyl carbamates (subject to hydrolysis) is 1. The molecule has 79 heavy (non-hydrogen) atoms. The van der Waals surface area contributed by atoms with Crippen molar-refractivity contribution in [3.05, 3.63) is 66.2 Å². The van der Waals surface area contributed by atoms with Crippen molar-refractivity contribution in [1.82, 2.24) is 45.6 Å². The molecule has 6 heterocycles. The molecular weight excluding hydrogens is 1030 g/mol. The van der Waals surface area contributed by atoms with Crippen molar-refractivity contribution < 1.29 is 33.6 Å². The average molecular weight is 1120 g/mol. The second kappa shape index (κ2) is 31.7. The summed E-state index contributed by atoms with van der Waals surface area (Å²) in [4.78, 5) is 44.0. The average Bonchev–Trinajstić information content (AvgIpc) is 4.18. The van der Waals surface area contributed by atoms with Crippen LogP contribution in [0.15, 0.2) is 60.9 Å². The van der Waals surface area contributed by atoms with Gasteiger partial charge in [-0.25, -0.2) is 4.79 Å². The Bertz CT molecular complexity index is 2710. The standard InChI is InChI=1S/C21H28N8O.C16H23ClN6O2.C10H14N2O.C4H8O2.C4H10O/c22-14-1-3-15(4-2-14)24-19-18-13-23-28-20(18)27-21(26-19)25-16-5-7-17(8-6-16)29-9-11-30-12-10-29;1-16(2,3)25-15(24)20-10-6-4-9(5-7-10)19-12-11-8-18-23-13(11)22-14(17)21-12;11-9-1-3-10(4-2-9)12-5-7-13-8-6-12;1-3-6-4(2)5;1-2-3-4-5/h5-8,13-15H,1-4,9-12,22H2,(H3,23,24,25,26,27,28);8-10H,4-7H2,1-3H3,(H,20,24)(H2,18,19,21,22,23);1-4H,5-8,11H2;3H2,1-2H3;5H,2-4H2,1H3. The number of H-pyrrole nitrogens is 2. The number of halogens is 1. The monoisotopic (exact) mass is 1110 g/mol. The van der Waals surface area contributed by atoms with E-state index >= 15 is 0 Å². The number of carbonyl (C=O) groups excluding carboxylic acids is 2. The number of hydrogen-bond acceptors (Lipinski definition) is 20. The van der Waals surface area contributed by atoms with E-state index in [4.69, 9.17) is 47.4 Å². The molecule has 4 aliphatic rings. The molecule has 0 unspecified atom stereocenters. The van der Waals surface area contributed by atoms with Gasteiger partial charge in [0.2, 0.25) is 11.2 Å². The second-order valence-corrected chi connectivity index (χ2v) is 20.9. The van der Waals surface area contributed by atoms with Gasteiger partial charge >= 0.3 is 12.1 Å². The maximum atomic E-state index is 11.9. The number of rotatable bonds is 12. The Kier molecular flexibility index (Phi) is 24.7. The molecule has 2 saturated carbocycles. The summed E-state index contributed by atoms with van der Waals surface area (Å²) in [5.74, 6) is 1.83. The maximum absolute atomic E-state index is 11.9. The number of ether oxygens (including phenoxy) is 4. The fourth-order valence-corrected chi connectivity index (χ4v) is 9.17. The van der Waals surface area contributed by atoms with Gasteiger partial charge in [0.05, 0.1) is 56.2 Å². The molecule has 6 aromatic rings. The molecule has 0 radical (unpaired) electrons. The number of aromatic nitrogens is 8. The molecule has 11 N–H and O–H groups in total. The molecule has 23 nitrogen and oxygen atoms in total. The first-order valence-corrected chi connectivity index (χ1v) is 28.0. The van der Waals surface area contributed by atoms with E-state index in [1.165, 1.54) is 18.3 Å². The van der Waals surface area contributed by atoms with E-state index in [0.29, 0.717) is 48.4 Å². The number of nitrogens with two attached hydrogens (primary N) is 2. The lowest BCUT2D eigenvalue weighted by Gasteiger charge is -2.30. The molecule has 4 aromatic heterocycles. The molecule has 2 aliphatic heterocycles. The van der Waals surface area contributed by atoms with Crippen molar-refractivity contribution in [2.45, 2.75) is 136 Å². The summed E-state index contributed by atoms with van der Waals surface area (Å²) in [7, 11) is 0. The Morgan fingerprint density at radius 1 is 0.734 bits per heavy atom. The van der Waals surface area contributed by atoms with Crippen molar-refractivity contribution in [3.63, 3.8) is 0 Å². The molecule has 4 fully saturated rings. The van der Waals surface area contributed by atoms with Crippen LogP contribution < -0.4 is 42.5 Å². The molecule has 2 aromatic carbocycles. The van der Waals surface area contributed by atoms with Gasteiger partial charge in [-0.15, -0.1) is 0 Å². The highest BCUT2D eigenvalue weighted by Gasteiger charge is 2.26. The molecular formula is C55H83ClN16O7. The van der Waals surface area contributed by atoms with Gasteiger partial charge in [-0.1, -0.05) is 13.3 Å². The number of morpholine rings is 2. The number of aliphatic hydroxyl groups excluding tert-OH is 1. The zero-order valence-corrected chi connectivity index (χ0v) is 47.5. The number of hydrogen-bond donors (Lipinski definition) is 9. The van der Waals surface area contributed by atoms with Crippen LogP contribution in [0.1, 0.15) is 106 Å². The summed E-state index contributed by atoms with van der Waals surface area (Å²) in [6.07, 6.45) is 12.9. The summed E-state index contributed by atoms with van der Waals surface area (Å²) >= 11 is 5.96. The molecule has 24 heteroatoms. The summed E-state index contributed by atoms with van der Waals surface area (Å²) < 4.78 is 20.4. The van der Waals surface area contributed by atoms with Crippen LogP contribution in [0.5, 0.6) is 0 Å². The van der Waals surface area contributed by atoms with Crippen molar-refractivity contribution in [3.8, 4) is 0 Å². The van der Waals surface area contributed by atoms with Crippen LogP contribution >= 0.6 is 11.6 Å². The number of fused-ring (bicyclic) bond motifs is 2. The highest BCUT2D eigenvalue weighted by atomic mass is 35.5. The largest absolute Gasteiger partial charge is 0.466 e. The van der Waals surface area contributed by atoms with Crippen LogP contribution in [0.25, 0.3) is 22.1 Å². The van der Waals surface area contributed by atoms with E-state index in [1.54, 1.807) is 19.3 Å². The first-order chi connectivity index (χ1) is 38.1. The molecule has 2 saturated heterocycles. The number of carbonyl (C=O) groups is 2. The highest BCUT2D eigenvalue weighted by Crippen LogP contribution is 2.29. The van der Waals surface area contributed by atoms with Crippen molar-refractivity contribution in [2.75, 3.05) is 97.3 Å². The van der Waals surface area contributed by atoms with Crippen LogP contribution in [0, 0.1) is 0 Å². The van der Waals surface area contributed by atoms with E-state index in [1.807, 2.05) is 32.9 Å². The van der Waals surface area contributed by atoms with Gasteiger partial charge in [-0.3, -0.25) is 15.0 Å². The van der Waals surface area contributed by atoms with Crippen molar-refractivity contribution in [1.29, 1.82) is 0 Å². The lowest BCUT2D eigenvalue weighted by atomic mass is 9.91. The van der Waals surface area contributed by atoms with E-state index in [0.717, 1.165) is 145 Å². The van der Waals surface area contributed by atoms with Gasteiger partial charge in [0.1, 0.15) is 17.2 Å². The fraction of sp³-hybridized carbons (Fsp3) is 0.564. The summed E-state index contributed by atoms with van der Waals surface area (Å²) in [6, 6.07) is 17.4. The highest BCUT2D eigenvalue weighted by molar-refractivity contribution is 6.28. The normalized spacial score (nSPS) is 19.1. The van der Waals surface area contributed by atoms with Crippen LogP contribution in [-0.2, 0) is 23.7 Å². The topological polar surface area (TPSA) is 307 Å². The van der Waals surface area contributed by atoms with Crippen molar-refractivity contribution in [2.24, 2.45) is 5.73 Å². The minimum Gasteiger partial charge on any atom is -0.466 e. The fourth-order valence-electron chi connectivity index (χ4n) is 9.00. The number of amides is 1. The van der Waals surface area contributed by atoms with E-state index in [9.17, 15) is 9.59 Å². The predicted molar refractivity (Wildman–Crippen MR) is 312 cm³/mol. The number of nitrogens with one attached hydrogen (secondary N) is 6. The first kappa shape index (κ1) is 61.4. The number of aromatic amines is 2. The smallest absolute Gasteiger partial charge is 0.407 e. The SMILES string of the molecule is CC(C)(C)OC(=O)NC1CCC(Nc2nc(Cl)nc3[nH]ncc23)CC1.CCCCO.CCOC(C)=O.NC1CCC(Nc2nc(Nc3ccc(N4CCOCC4)cc3)nc3[nH]ncc23)CC1.Nc1ccc(N2CCOCC2)cc1. The van der Waals surface area contributed by atoms with Crippen molar-refractivity contribution >= 4 is 86.1 Å². The van der Waals surface area contributed by atoms with E-state index in [-0.39, 0.29) is 29.4 Å². The third-order valence-electron chi connectivity index (χ3n) is 13.1. The van der Waals surface area contributed by atoms with E-state index < -0.39 is 5.60 Å². The number of benzene rings is 2. The van der Waals surface area contributed by atoms with Gasteiger partial charge in [-0.05, 0) is 146 Å². The van der Waals surface area contributed by atoms with Gasteiger partial charge < -0.3 is 66.6 Å². The Balaban J connectivity index is 0.000000183. The number of anilines is 7. The lowest BCUT2D eigenvalue weighted by molar-refractivity contribution is -0.140. The Morgan fingerprint density at radius 3 is 1.70 bits per heavy atom. The molecule has 0 bridgehead atoms. The molecule has 0 spiro atoms. The first-order valence-electron chi connectivity index (χ1n) is 27.6. The molecule has 10 rings (SSSR count). The minimum absolute atomic E-state index is 0.135. The van der Waals surface area contributed by atoms with Gasteiger partial charge in [-0.2, -0.15) is 30.1 Å². The lowest BCUT2D eigenvalue weighted by Crippen LogP contribution is -2.42. The second-order valence-electron chi connectivity index (χ2n) is 20.6. The zero-order valence-electron chi connectivity index (χ0n) is 46.7. The zero-order chi connectivity index (χ0) is 56.6. The number of nitrogens with zero attached hydrogens (tertiary/aromatic N) is 8. The van der Waals surface area contributed by atoms with Gasteiger partial charge in [0.25, 0.3) is 0 Å². The molecule has 1 amide bonds. The number of aliphatic hydroxyl groups is 1. The minimum atomic E-state index is -0.481. The van der Waals surface area contributed by atoms with Gasteiger partial charge in [0, 0.05) is 86.6 Å². The van der Waals surface area contributed by atoms with E-state index in [2.05, 4.69) is 114 Å². The number of esters is 1.